The van der Waals surface area contributed by atoms with Crippen molar-refractivity contribution >= 4 is 33.4 Å². The van der Waals surface area contributed by atoms with Gasteiger partial charge in [-0.05, 0) is 48.8 Å². The first-order chi connectivity index (χ1) is 7.75. The van der Waals surface area contributed by atoms with E-state index in [-0.39, 0.29) is 10.9 Å². The van der Waals surface area contributed by atoms with Crippen molar-refractivity contribution in [2.45, 2.75) is 31.7 Å². The van der Waals surface area contributed by atoms with Crippen molar-refractivity contribution in [1.29, 1.82) is 0 Å². The van der Waals surface area contributed by atoms with E-state index in [9.17, 15) is 9.18 Å². The Balaban J connectivity index is 2.99. The van der Waals surface area contributed by atoms with E-state index in [4.69, 9.17) is 11.6 Å². The summed E-state index contributed by atoms with van der Waals surface area (Å²) in [7, 11) is 0. The number of alkyl halides is 1. The quantitative estimate of drug-likeness (QED) is 0.844. The van der Waals surface area contributed by atoms with Gasteiger partial charge in [0.25, 0.3) is 5.91 Å². The van der Waals surface area contributed by atoms with Crippen LogP contribution in [0.3, 0.4) is 0 Å². The van der Waals surface area contributed by atoms with Crippen LogP contribution in [0.2, 0.25) is 0 Å². The summed E-state index contributed by atoms with van der Waals surface area (Å²) in [4.78, 5) is 12.0. The van der Waals surface area contributed by atoms with Crippen LogP contribution in [0.4, 0.5) is 4.39 Å². The molecule has 0 fully saturated rings. The molecule has 0 heterocycles. The summed E-state index contributed by atoms with van der Waals surface area (Å²) >= 11 is 9.12. The molecular formula is C12H14BrClFNO. The van der Waals surface area contributed by atoms with Crippen molar-refractivity contribution < 1.29 is 9.18 Å². The molecule has 0 spiro atoms. The van der Waals surface area contributed by atoms with Crippen LogP contribution >= 0.6 is 27.5 Å². The molecule has 1 unspecified atom stereocenters. The molecule has 1 amide bonds. The highest BCUT2D eigenvalue weighted by atomic mass is 79.9. The Morgan fingerprint density at radius 1 is 1.53 bits per heavy atom. The van der Waals surface area contributed by atoms with E-state index in [0.717, 1.165) is 0 Å². The first-order valence-corrected chi connectivity index (χ1v) is 6.39. The number of nitrogens with one attached hydrogen (secondary N) is 1. The van der Waals surface area contributed by atoms with Crippen molar-refractivity contribution in [3.05, 3.63) is 34.1 Å². The number of benzene rings is 1. The average Bonchev–Trinajstić information content (AvgIpc) is 2.15. The summed E-state index contributed by atoms with van der Waals surface area (Å²) in [6.45, 7) is 5.35. The zero-order valence-corrected chi connectivity index (χ0v) is 12.2. The van der Waals surface area contributed by atoms with Gasteiger partial charge in [0.05, 0.1) is 16.5 Å². The predicted molar refractivity (Wildman–Crippen MR) is 71.0 cm³/mol. The Morgan fingerprint density at radius 3 is 2.59 bits per heavy atom. The highest BCUT2D eigenvalue weighted by Gasteiger charge is 2.28. The molecule has 1 N–H and O–H groups in total. The van der Waals surface area contributed by atoms with Gasteiger partial charge in [-0.3, -0.25) is 4.79 Å². The molecule has 1 rings (SSSR count). The summed E-state index contributed by atoms with van der Waals surface area (Å²) in [6.07, 6.45) is 0. The number of carbonyl (C=O) groups excluding carboxylic acids is 1. The molecule has 17 heavy (non-hydrogen) atoms. The second-order valence-electron chi connectivity index (χ2n) is 4.39. The number of halogens is 3. The molecular weight excluding hydrogens is 308 g/mol. The van der Waals surface area contributed by atoms with Crippen molar-refractivity contribution in [1.82, 2.24) is 5.32 Å². The standard InChI is InChI=1S/C12H14BrClFNO/c1-7(14)12(2,3)16-11(17)10-8(13)5-4-6-9(10)15/h4-7H,1-3H3,(H,16,17). The lowest BCUT2D eigenvalue weighted by molar-refractivity contribution is 0.0907. The molecule has 0 aliphatic rings. The van der Waals surface area contributed by atoms with E-state index in [2.05, 4.69) is 21.2 Å². The maximum absolute atomic E-state index is 13.6. The molecule has 1 aromatic carbocycles. The van der Waals surface area contributed by atoms with Gasteiger partial charge in [-0.2, -0.15) is 0 Å². The third-order valence-electron chi connectivity index (χ3n) is 2.62. The van der Waals surface area contributed by atoms with Crippen molar-refractivity contribution in [2.24, 2.45) is 0 Å². The minimum absolute atomic E-state index is 0.00195. The van der Waals surface area contributed by atoms with E-state index in [1.807, 2.05) is 0 Å². The van der Waals surface area contributed by atoms with Crippen molar-refractivity contribution in [3.8, 4) is 0 Å². The van der Waals surface area contributed by atoms with Gasteiger partial charge < -0.3 is 5.32 Å². The average molecular weight is 323 g/mol. The Morgan fingerprint density at radius 2 is 2.12 bits per heavy atom. The third kappa shape index (κ3) is 3.42. The molecule has 2 nitrogen and oxygen atoms in total. The summed E-state index contributed by atoms with van der Waals surface area (Å²) in [5.41, 5.74) is -0.613. The molecule has 94 valence electrons. The number of amides is 1. The molecule has 5 heteroatoms. The molecule has 0 saturated heterocycles. The second-order valence-corrected chi connectivity index (χ2v) is 5.90. The van der Waals surface area contributed by atoms with Crippen LogP contribution in [0.1, 0.15) is 31.1 Å². The van der Waals surface area contributed by atoms with Gasteiger partial charge in [-0.1, -0.05) is 6.07 Å². The molecule has 0 aromatic heterocycles. The van der Waals surface area contributed by atoms with Gasteiger partial charge in [0, 0.05) is 4.47 Å². The van der Waals surface area contributed by atoms with Crippen LogP contribution in [0, 0.1) is 5.82 Å². The molecule has 0 aliphatic heterocycles. The second kappa shape index (κ2) is 5.36. The molecule has 1 aromatic rings. The van der Waals surface area contributed by atoms with Crippen LogP contribution in [-0.2, 0) is 0 Å². The van der Waals surface area contributed by atoms with Gasteiger partial charge in [-0.15, -0.1) is 11.6 Å². The first kappa shape index (κ1) is 14.5. The predicted octanol–water partition coefficient (Wildman–Crippen LogP) is 3.72. The minimum Gasteiger partial charge on any atom is -0.346 e. The molecule has 0 radical (unpaired) electrons. The van der Waals surface area contributed by atoms with E-state index in [0.29, 0.717) is 4.47 Å². The molecule has 0 saturated carbocycles. The maximum Gasteiger partial charge on any atom is 0.255 e. The fraction of sp³-hybridized carbons (Fsp3) is 0.417. The largest absolute Gasteiger partial charge is 0.346 e. The van der Waals surface area contributed by atoms with Crippen LogP contribution in [0.5, 0.6) is 0 Å². The van der Waals surface area contributed by atoms with Gasteiger partial charge in [0.2, 0.25) is 0 Å². The topological polar surface area (TPSA) is 29.1 Å². The number of rotatable bonds is 3. The van der Waals surface area contributed by atoms with Crippen molar-refractivity contribution in [2.75, 3.05) is 0 Å². The van der Waals surface area contributed by atoms with Crippen molar-refractivity contribution in [3.63, 3.8) is 0 Å². The first-order valence-electron chi connectivity index (χ1n) is 5.16. The normalized spacial score (nSPS) is 13.3. The minimum atomic E-state index is -0.611. The van der Waals surface area contributed by atoms with Crippen LogP contribution in [0.25, 0.3) is 0 Å². The van der Waals surface area contributed by atoms with Crippen LogP contribution < -0.4 is 5.32 Å². The molecule has 0 bridgehead atoms. The zero-order chi connectivity index (χ0) is 13.2. The van der Waals surface area contributed by atoms with Gasteiger partial charge in [0.15, 0.2) is 0 Å². The lowest BCUT2D eigenvalue weighted by atomic mass is 10.0. The number of carbonyl (C=O) groups is 1. The maximum atomic E-state index is 13.6. The Labute approximate surface area is 114 Å². The lowest BCUT2D eigenvalue weighted by Crippen LogP contribution is -2.49. The fourth-order valence-electron chi connectivity index (χ4n) is 1.17. The van der Waals surface area contributed by atoms with E-state index in [1.54, 1.807) is 26.8 Å². The van der Waals surface area contributed by atoms with Gasteiger partial charge >= 0.3 is 0 Å². The van der Waals surface area contributed by atoms with Gasteiger partial charge in [0.1, 0.15) is 5.82 Å². The summed E-state index contributed by atoms with van der Waals surface area (Å²) in [6, 6.07) is 4.40. The molecule has 0 aliphatic carbocycles. The summed E-state index contributed by atoms with van der Waals surface area (Å²) in [5, 5.41) is 2.45. The lowest BCUT2D eigenvalue weighted by Gasteiger charge is -2.29. The monoisotopic (exact) mass is 321 g/mol. The Hall–Kier alpha value is -0.610. The highest BCUT2D eigenvalue weighted by molar-refractivity contribution is 9.10. The smallest absolute Gasteiger partial charge is 0.255 e. The third-order valence-corrected chi connectivity index (χ3v) is 3.83. The summed E-state index contributed by atoms with van der Waals surface area (Å²) in [5.74, 6) is -1.04. The van der Waals surface area contributed by atoms with Crippen LogP contribution in [0.15, 0.2) is 22.7 Å². The van der Waals surface area contributed by atoms with Gasteiger partial charge in [-0.25, -0.2) is 4.39 Å². The zero-order valence-electron chi connectivity index (χ0n) is 9.85. The molecule has 1 atom stereocenters. The van der Waals surface area contributed by atoms with E-state index < -0.39 is 17.3 Å². The highest BCUT2D eigenvalue weighted by Crippen LogP contribution is 2.22. The van der Waals surface area contributed by atoms with E-state index >= 15 is 0 Å². The summed E-state index contributed by atoms with van der Waals surface area (Å²) < 4.78 is 14.0. The number of hydrogen-bond donors (Lipinski definition) is 1. The van der Waals surface area contributed by atoms with Crippen LogP contribution in [-0.4, -0.2) is 16.8 Å². The Bertz CT molecular complexity index is 414. The fourth-order valence-corrected chi connectivity index (χ4v) is 1.75. The SMILES string of the molecule is CC(Cl)C(C)(C)NC(=O)c1c(F)cccc1Br. The van der Waals surface area contributed by atoms with E-state index in [1.165, 1.54) is 12.1 Å². The number of hydrogen-bond acceptors (Lipinski definition) is 1. The Kier molecular flexibility index (Phi) is 4.55.